The summed E-state index contributed by atoms with van der Waals surface area (Å²) < 4.78 is 0. The fraction of sp³-hybridized carbons (Fsp3) is 0. The summed E-state index contributed by atoms with van der Waals surface area (Å²) >= 11 is 0. The van der Waals surface area contributed by atoms with E-state index in [2.05, 4.69) is 35.8 Å². The van der Waals surface area contributed by atoms with E-state index in [-0.39, 0.29) is 0 Å². The molecule has 0 fully saturated rings. The molecule has 98 valence electrons. The molecule has 0 radical (unpaired) electrons. The first-order chi connectivity index (χ1) is 10.4. The molecule has 0 aliphatic rings. The van der Waals surface area contributed by atoms with E-state index < -0.39 is 0 Å². The zero-order valence-corrected chi connectivity index (χ0v) is 12.4. The average Bonchev–Trinajstić information content (AvgIpc) is 3.01. The molecule has 0 amide bonds. The first-order valence-corrected chi connectivity index (χ1v) is 7.73. The van der Waals surface area contributed by atoms with E-state index in [1.807, 2.05) is 60.7 Å². The molecule has 0 N–H and O–H groups in total. The van der Waals surface area contributed by atoms with Gasteiger partial charge in [-0.2, -0.15) is 0 Å². The Hall–Kier alpha value is -2.66. The molecule has 0 saturated heterocycles. The smallest absolute Gasteiger partial charge is 0.0423 e. The molecule has 1 heterocycles. The SMILES string of the molecule is C(#Cc1ccc(C#Cc2ccccc2)[pH]1)c1ccccc1. The Labute approximate surface area is 126 Å². The molecule has 0 bridgehead atoms. The minimum atomic E-state index is 0.569. The molecule has 0 atom stereocenters. The summed E-state index contributed by atoms with van der Waals surface area (Å²) in [5.74, 6) is 12.8. The van der Waals surface area contributed by atoms with E-state index in [0.717, 1.165) is 21.7 Å². The quantitative estimate of drug-likeness (QED) is 0.532. The van der Waals surface area contributed by atoms with Crippen LogP contribution in [0.1, 0.15) is 21.7 Å². The van der Waals surface area contributed by atoms with Crippen LogP contribution in [0, 0.1) is 23.7 Å². The zero-order chi connectivity index (χ0) is 14.3. The highest BCUT2D eigenvalue weighted by molar-refractivity contribution is 7.32. The van der Waals surface area contributed by atoms with Gasteiger partial charge < -0.3 is 0 Å². The molecule has 0 unspecified atom stereocenters. The predicted molar refractivity (Wildman–Crippen MR) is 90.8 cm³/mol. The molecule has 1 aromatic heterocycles. The third-order valence-electron chi connectivity index (χ3n) is 2.92. The molecule has 0 aliphatic carbocycles. The third-order valence-corrected chi connectivity index (χ3v) is 4.04. The lowest BCUT2D eigenvalue weighted by Gasteiger charge is -1.86. The van der Waals surface area contributed by atoms with Crippen LogP contribution in [0.5, 0.6) is 0 Å². The molecule has 2 aromatic carbocycles. The van der Waals surface area contributed by atoms with Crippen molar-refractivity contribution in [1.29, 1.82) is 0 Å². The van der Waals surface area contributed by atoms with Crippen LogP contribution < -0.4 is 0 Å². The highest BCUT2D eigenvalue weighted by Gasteiger charge is 1.92. The van der Waals surface area contributed by atoms with Gasteiger partial charge in [-0.3, -0.25) is 0 Å². The van der Waals surface area contributed by atoms with E-state index in [1.54, 1.807) is 0 Å². The minimum absolute atomic E-state index is 0.569. The van der Waals surface area contributed by atoms with Crippen molar-refractivity contribution in [2.75, 3.05) is 0 Å². The summed E-state index contributed by atoms with van der Waals surface area (Å²) in [5, 5.41) is 2.30. The van der Waals surface area contributed by atoms with Gasteiger partial charge in [0, 0.05) is 21.7 Å². The lowest BCUT2D eigenvalue weighted by molar-refractivity contribution is 1.65. The molecule has 3 aromatic rings. The van der Waals surface area contributed by atoms with Crippen LogP contribution in [-0.4, -0.2) is 0 Å². The van der Waals surface area contributed by atoms with Crippen LogP contribution in [-0.2, 0) is 0 Å². The fourth-order valence-corrected chi connectivity index (χ4v) is 2.74. The standard InChI is InChI=1S/C20H13P/c1-3-7-17(8-4-1)11-13-19-15-16-20(21-19)14-12-18-9-5-2-6-10-18/h1-10,15-16,21H. The van der Waals surface area contributed by atoms with Crippen molar-refractivity contribution in [2.24, 2.45) is 0 Å². The highest BCUT2D eigenvalue weighted by Crippen LogP contribution is 2.20. The largest absolute Gasteiger partial charge is 0.107 e. The van der Waals surface area contributed by atoms with Crippen molar-refractivity contribution in [2.45, 2.75) is 0 Å². The molecule has 0 nitrogen and oxygen atoms in total. The highest BCUT2D eigenvalue weighted by atomic mass is 31.0. The van der Waals surface area contributed by atoms with Crippen molar-refractivity contribution in [3.63, 3.8) is 0 Å². The number of rotatable bonds is 0. The van der Waals surface area contributed by atoms with Crippen LogP contribution in [0.25, 0.3) is 0 Å². The van der Waals surface area contributed by atoms with Gasteiger partial charge in [0.2, 0.25) is 0 Å². The Morgan fingerprint density at radius 1 is 0.476 bits per heavy atom. The lowest BCUT2D eigenvalue weighted by Crippen LogP contribution is -1.70. The van der Waals surface area contributed by atoms with Gasteiger partial charge >= 0.3 is 0 Å². The number of benzene rings is 2. The van der Waals surface area contributed by atoms with Crippen LogP contribution in [0.4, 0.5) is 0 Å². The average molecular weight is 284 g/mol. The first kappa shape index (κ1) is 13.3. The second kappa shape index (κ2) is 6.67. The van der Waals surface area contributed by atoms with E-state index in [4.69, 9.17) is 0 Å². The summed E-state index contributed by atoms with van der Waals surface area (Å²) in [6, 6.07) is 24.3. The topological polar surface area (TPSA) is 0 Å². The summed E-state index contributed by atoms with van der Waals surface area (Å²) in [5.41, 5.74) is 2.10. The maximum Gasteiger partial charge on any atom is 0.0423 e. The van der Waals surface area contributed by atoms with Gasteiger partial charge in [0.25, 0.3) is 0 Å². The summed E-state index contributed by atoms with van der Waals surface area (Å²) in [6.07, 6.45) is 0. The van der Waals surface area contributed by atoms with E-state index >= 15 is 0 Å². The Kier molecular flexibility index (Phi) is 4.24. The van der Waals surface area contributed by atoms with Gasteiger partial charge in [-0.05, 0) is 36.4 Å². The van der Waals surface area contributed by atoms with Gasteiger partial charge in [-0.15, -0.1) is 8.19 Å². The molecule has 1 heteroatoms. The Bertz CT molecular complexity index is 763. The van der Waals surface area contributed by atoms with Crippen molar-refractivity contribution < 1.29 is 0 Å². The Morgan fingerprint density at radius 2 is 0.905 bits per heavy atom. The summed E-state index contributed by atoms with van der Waals surface area (Å²) in [6.45, 7) is 0. The molecule has 3 rings (SSSR count). The second-order valence-corrected chi connectivity index (χ2v) is 5.85. The van der Waals surface area contributed by atoms with Crippen LogP contribution in [0.15, 0.2) is 72.8 Å². The van der Waals surface area contributed by atoms with E-state index in [1.165, 1.54) is 0 Å². The van der Waals surface area contributed by atoms with Crippen LogP contribution in [0.2, 0.25) is 0 Å². The van der Waals surface area contributed by atoms with Crippen molar-refractivity contribution in [3.8, 4) is 23.7 Å². The number of hydrogen-bond acceptors (Lipinski definition) is 0. The van der Waals surface area contributed by atoms with Crippen molar-refractivity contribution in [1.82, 2.24) is 0 Å². The van der Waals surface area contributed by atoms with E-state index in [9.17, 15) is 0 Å². The molecule has 21 heavy (non-hydrogen) atoms. The van der Waals surface area contributed by atoms with Gasteiger partial charge in [0.15, 0.2) is 0 Å². The van der Waals surface area contributed by atoms with Gasteiger partial charge in [-0.1, -0.05) is 60.1 Å². The molecule has 0 spiro atoms. The van der Waals surface area contributed by atoms with Gasteiger partial charge in [-0.25, -0.2) is 0 Å². The second-order valence-electron chi connectivity index (χ2n) is 4.52. The Morgan fingerprint density at radius 3 is 1.33 bits per heavy atom. The van der Waals surface area contributed by atoms with Gasteiger partial charge in [0.1, 0.15) is 0 Å². The van der Waals surface area contributed by atoms with Crippen LogP contribution >= 0.6 is 8.19 Å². The summed E-state index contributed by atoms with van der Waals surface area (Å²) in [4.78, 5) is 0. The Balaban J connectivity index is 1.76. The monoisotopic (exact) mass is 284 g/mol. The molecular weight excluding hydrogens is 271 g/mol. The maximum atomic E-state index is 3.23. The molecular formula is C20H13P. The normalized spacial score (nSPS) is 9.14. The molecule has 0 saturated carbocycles. The lowest BCUT2D eigenvalue weighted by atomic mass is 10.2. The third kappa shape index (κ3) is 3.90. The maximum absolute atomic E-state index is 3.23. The van der Waals surface area contributed by atoms with E-state index in [0.29, 0.717) is 8.19 Å². The van der Waals surface area contributed by atoms with Crippen LogP contribution in [0.3, 0.4) is 0 Å². The fourth-order valence-electron chi connectivity index (χ4n) is 1.86. The molecule has 0 aliphatic heterocycles. The van der Waals surface area contributed by atoms with Crippen molar-refractivity contribution >= 4 is 8.19 Å². The zero-order valence-electron chi connectivity index (χ0n) is 11.4. The minimum Gasteiger partial charge on any atom is -0.107 e. The van der Waals surface area contributed by atoms with Crippen molar-refractivity contribution in [3.05, 3.63) is 94.5 Å². The summed E-state index contributed by atoms with van der Waals surface area (Å²) in [7, 11) is 0.569. The first-order valence-electron chi connectivity index (χ1n) is 6.73. The van der Waals surface area contributed by atoms with Gasteiger partial charge in [0.05, 0.1) is 0 Å². The number of hydrogen-bond donors (Lipinski definition) is 0. The predicted octanol–water partition coefficient (Wildman–Crippen LogP) is 4.52.